The Morgan fingerprint density at radius 3 is 2.19 bits per heavy atom. The number of benzene rings is 1. The van der Waals surface area contributed by atoms with E-state index in [9.17, 15) is 0 Å². The monoisotopic (exact) mass is 324 g/mol. The predicted octanol–water partition coefficient (Wildman–Crippen LogP) is 4.43. The molecule has 0 bridgehead atoms. The van der Waals surface area contributed by atoms with E-state index >= 15 is 0 Å². The summed E-state index contributed by atoms with van der Waals surface area (Å²) in [6, 6.07) is 11.0. The summed E-state index contributed by atoms with van der Waals surface area (Å²) in [5, 5.41) is 0. The van der Waals surface area contributed by atoms with Gasteiger partial charge in [-0.15, -0.1) is 0 Å². The zero-order chi connectivity index (χ0) is 12.0. The van der Waals surface area contributed by atoms with Gasteiger partial charge in [-0.2, -0.15) is 0 Å². The molecule has 16 heavy (non-hydrogen) atoms. The molecular weight excluding hydrogens is 302 g/mol. The quantitative estimate of drug-likeness (QED) is 0.706. The third-order valence-corrected chi connectivity index (χ3v) is 3.69. The molecular formula is C15H23Sb. The van der Waals surface area contributed by atoms with E-state index in [0.717, 1.165) is 17.8 Å². The Morgan fingerprint density at radius 1 is 1.06 bits per heavy atom. The molecule has 0 N–H and O–H groups in total. The SMILES string of the molecule is CC(C)C1CCC(c2ccccc2)C1.[CH3][Sb]. The fourth-order valence-electron chi connectivity index (χ4n) is 2.65. The average molecular weight is 325 g/mol. The zero-order valence-electron chi connectivity index (χ0n) is 10.7. The molecule has 0 nitrogen and oxygen atoms in total. The third kappa shape index (κ3) is 3.81. The molecule has 0 saturated heterocycles. The normalized spacial score (nSPS) is 24.1. The van der Waals surface area contributed by atoms with Crippen LogP contribution >= 0.6 is 0 Å². The van der Waals surface area contributed by atoms with E-state index in [1.165, 1.54) is 19.3 Å². The molecule has 2 unspecified atom stereocenters. The van der Waals surface area contributed by atoms with Crippen LogP contribution in [0.5, 0.6) is 0 Å². The molecule has 2 rings (SSSR count). The molecule has 1 heteroatoms. The Hall–Kier alpha value is 0.0382. The fraction of sp³-hybridized carbons (Fsp3) is 0.600. The van der Waals surface area contributed by atoms with Gasteiger partial charge in [0.2, 0.25) is 0 Å². The van der Waals surface area contributed by atoms with Crippen LogP contribution in [-0.4, -0.2) is 23.0 Å². The molecule has 0 aliphatic heterocycles. The van der Waals surface area contributed by atoms with Gasteiger partial charge in [0.25, 0.3) is 0 Å². The van der Waals surface area contributed by atoms with E-state index in [0.29, 0.717) is 0 Å². The topological polar surface area (TPSA) is 0 Å². The molecule has 1 fully saturated rings. The Morgan fingerprint density at radius 2 is 1.69 bits per heavy atom. The maximum absolute atomic E-state index is 2.36. The van der Waals surface area contributed by atoms with Gasteiger partial charge in [0.05, 0.1) is 0 Å². The van der Waals surface area contributed by atoms with Crippen molar-refractivity contribution < 1.29 is 0 Å². The van der Waals surface area contributed by atoms with Crippen LogP contribution in [-0.2, 0) is 0 Å². The van der Waals surface area contributed by atoms with Gasteiger partial charge in [0.1, 0.15) is 0 Å². The Kier molecular flexibility index (Phi) is 6.50. The number of hydrogen-bond donors (Lipinski definition) is 0. The van der Waals surface area contributed by atoms with E-state index in [2.05, 4.69) is 49.0 Å². The van der Waals surface area contributed by atoms with Gasteiger partial charge < -0.3 is 0 Å². The van der Waals surface area contributed by atoms with Crippen molar-refractivity contribution in [2.24, 2.45) is 11.8 Å². The summed E-state index contributed by atoms with van der Waals surface area (Å²) in [5.74, 6) is 2.66. The van der Waals surface area contributed by atoms with Crippen molar-refractivity contribution in [3.8, 4) is 0 Å². The summed E-state index contributed by atoms with van der Waals surface area (Å²) in [4.78, 5) is 2.05. The van der Waals surface area contributed by atoms with E-state index in [1.807, 2.05) is 0 Å². The van der Waals surface area contributed by atoms with Crippen LogP contribution < -0.4 is 0 Å². The molecule has 1 saturated carbocycles. The zero-order valence-corrected chi connectivity index (χ0v) is 13.2. The molecule has 1 aromatic rings. The average Bonchev–Trinajstić information content (AvgIpc) is 2.82. The predicted molar refractivity (Wildman–Crippen MR) is 73.0 cm³/mol. The van der Waals surface area contributed by atoms with E-state index in [4.69, 9.17) is 0 Å². The second-order valence-electron chi connectivity index (χ2n) is 4.92. The van der Waals surface area contributed by atoms with Crippen molar-refractivity contribution in [2.75, 3.05) is 0 Å². The van der Waals surface area contributed by atoms with Gasteiger partial charge in [-0.1, -0.05) is 44.2 Å². The van der Waals surface area contributed by atoms with Gasteiger partial charge in [-0.3, -0.25) is 0 Å². The van der Waals surface area contributed by atoms with Gasteiger partial charge in [-0.25, -0.2) is 0 Å². The second kappa shape index (κ2) is 7.38. The van der Waals surface area contributed by atoms with Crippen LogP contribution in [0.15, 0.2) is 30.3 Å². The van der Waals surface area contributed by atoms with Crippen LogP contribution in [0.3, 0.4) is 0 Å². The first-order chi connectivity index (χ1) is 7.77. The summed E-state index contributed by atoms with van der Waals surface area (Å²) in [6.07, 6.45) is 4.23. The van der Waals surface area contributed by atoms with Crippen LogP contribution in [0.25, 0.3) is 0 Å². The summed E-state index contributed by atoms with van der Waals surface area (Å²) in [7, 11) is 0. The van der Waals surface area contributed by atoms with E-state index in [-0.39, 0.29) is 0 Å². The first-order valence-electron chi connectivity index (χ1n) is 6.27. The van der Waals surface area contributed by atoms with Crippen molar-refractivity contribution >= 4 is 23.0 Å². The molecule has 88 valence electrons. The maximum atomic E-state index is 2.36. The van der Waals surface area contributed by atoms with Crippen LogP contribution in [0.4, 0.5) is 0 Å². The van der Waals surface area contributed by atoms with Crippen LogP contribution in [0.2, 0.25) is 4.87 Å². The van der Waals surface area contributed by atoms with Crippen LogP contribution in [0.1, 0.15) is 44.6 Å². The second-order valence-corrected chi connectivity index (χ2v) is 4.92. The molecule has 1 aliphatic rings. The van der Waals surface area contributed by atoms with Crippen molar-refractivity contribution in [3.05, 3.63) is 35.9 Å². The first-order valence-corrected chi connectivity index (χ1v) is 8.82. The standard InChI is InChI=1S/C14H20.CH3.Sb/c1-11(2)13-8-9-14(10-13)12-6-4-3-5-7-12;;/h3-7,11,13-14H,8-10H2,1-2H3;1H3;. The number of hydrogen-bond acceptors (Lipinski definition) is 0. The molecule has 0 aromatic heterocycles. The molecule has 0 heterocycles. The summed E-state index contributed by atoms with van der Waals surface area (Å²) in [6.45, 7) is 4.72. The van der Waals surface area contributed by atoms with Gasteiger partial charge in [0.15, 0.2) is 0 Å². The Balaban J connectivity index is 0.000000606. The summed E-state index contributed by atoms with van der Waals surface area (Å²) in [5.41, 5.74) is 1.55. The van der Waals surface area contributed by atoms with Gasteiger partial charge in [-0.05, 0) is 42.6 Å². The summed E-state index contributed by atoms with van der Waals surface area (Å²) >= 11 is 1.75. The molecule has 1 aromatic carbocycles. The van der Waals surface area contributed by atoms with Crippen molar-refractivity contribution in [1.82, 2.24) is 0 Å². The third-order valence-electron chi connectivity index (χ3n) is 3.69. The van der Waals surface area contributed by atoms with Crippen molar-refractivity contribution in [1.29, 1.82) is 0 Å². The fourth-order valence-corrected chi connectivity index (χ4v) is 2.65. The molecule has 0 spiro atoms. The minimum absolute atomic E-state index is 0.837. The van der Waals surface area contributed by atoms with Gasteiger partial charge >= 0.3 is 27.9 Å². The van der Waals surface area contributed by atoms with E-state index in [1.54, 1.807) is 28.6 Å². The molecule has 2 atom stereocenters. The minimum atomic E-state index is 0.837. The van der Waals surface area contributed by atoms with Gasteiger partial charge in [0, 0.05) is 0 Å². The van der Waals surface area contributed by atoms with Crippen LogP contribution in [0, 0.1) is 11.8 Å². The Bertz CT molecular complexity index is 279. The van der Waals surface area contributed by atoms with Crippen molar-refractivity contribution in [3.63, 3.8) is 0 Å². The first kappa shape index (κ1) is 14.1. The number of rotatable bonds is 2. The molecule has 0 amide bonds. The summed E-state index contributed by atoms with van der Waals surface area (Å²) < 4.78 is 0. The van der Waals surface area contributed by atoms with E-state index < -0.39 is 0 Å². The van der Waals surface area contributed by atoms with Crippen molar-refractivity contribution in [2.45, 2.75) is 43.9 Å². The Labute approximate surface area is 114 Å². The molecule has 1 aliphatic carbocycles. The molecule has 2 radical (unpaired) electrons.